The number of aliphatic hydroxyl groups is 1. The summed E-state index contributed by atoms with van der Waals surface area (Å²) in [4.78, 5) is 11.7. The van der Waals surface area contributed by atoms with Crippen LogP contribution >= 0.6 is 0 Å². The molecule has 1 aliphatic rings. The molecule has 0 bridgehead atoms. The molecule has 0 amide bonds. The number of carbonyl (C=O) groups is 1. The number of benzene rings is 2. The van der Waals surface area contributed by atoms with E-state index in [-0.39, 0.29) is 40.4 Å². The van der Waals surface area contributed by atoms with E-state index in [1.54, 1.807) is 6.20 Å². The van der Waals surface area contributed by atoms with Gasteiger partial charge in [0.15, 0.2) is 0 Å². The van der Waals surface area contributed by atoms with Crippen molar-refractivity contribution in [1.29, 1.82) is 5.26 Å². The summed E-state index contributed by atoms with van der Waals surface area (Å²) in [6.07, 6.45) is -2.18. The lowest BCUT2D eigenvalue weighted by atomic mass is 10.0. The van der Waals surface area contributed by atoms with E-state index in [1.165, 1.54) is 35.9 Å². The maximum Gasteiger partial charge on any atom is 0.573 e. The van der Waals surface area contributed by atoms with E-state index in [9.17, 15) is 33.4 Å². The lowest BCUT2D eigenvalue weighted by Crippen LogP contribution is -2.31. The number of aryl methyl sites for hydroxylation is 1. The highest BCUT2D eigenvalue weighted by molar-refractivity contribution is 6.02. The molecular formula is C25H24F3N3O5. The van der Waals surface area contributed by atoms with Gasteiger partial charge in [-0.25, -0.2) is 4.79 Å². The fraction of sp³-hybridized carbons (Fsp3) is 0.400. The van der Waals surface area contributed by atoms with E-state index in [1.807, 2.05) is 6.07 Å². The van der Waals surface area contributed by atoms with Crippen LogP contribution in [0.5, 0.6) is 5.75 Å². The molecule has 0 spiro atoms. The second-order valence-electron chi connectivity index (χ2n) is 8.83. The van der Waals surface area contributed by atoms with Gasteiger partial charge in [-0.2, -0.15) is 10.4 Å². The highest BCUT2D eigenvalue weighted by atomic mass is 19.4. The van der Waals surface area contributed by atoms with Crippen LogP contribution in [0.2, 0.25) is 0 Å². The van der Waals surface area contributed by atoms with Gasteiger partial charge < -0.3 is 19.7 Å². The molecule has 1 aromatic heterocycles. The average Bonchev–Trinajstić information content (AvgIpc) is 3.47. The quantitative estimate of drug-likeness (QED) is 0.450. The fourth-order valence-electron chi connectivity index (χ4n) is 4.43. The highest BCUT2D eigenvalue weighted by Gasteiger charge is 2.33. The molecule has 0 radical (unpaired) electrons. The number of alkyl halides is 3. The zero-order valence-electron chi connectivity index (χ0n) is 19.3. The topological polar surface area (TPSA) is 118 Å². The number of carboxylic acid groups (broad SMARTS) is 1. The van der Waals surface area contributed by atoms with Crippen molar-refractivity contribution in [3.05, 3.63) is 58.8 Å². The predicted octanol–water partition coefficient (Wildman–Crippen LogP) is 4.87. The molecule has 8 nitrogen and oxygen atoms in total. The first-order chi connectivity index (χ1) is 17.0. The number of nitrogens with zero attached hydrogens (tertiary/aromatic N) is 3. The monoisotopic (exact) mass is 503 g/mol. The second-order valence-corrected chi connectivity index (χ2v) is 8.83. The molecule has 0 unspecified atom stereocenters. The van der Waals surface area contributed by atoms with Gasteiger partial charge in [0, 0.05) is 11.6 Å². The molecule has 1 fully saturated rings. The Morgan fingerprint density at radius 2 is 2.00 bits per heavy atom. The lowest BCUT2D eigenvalue weighted by Gasteiger charge is -2.27. The van der Waals surface area contributed by atoms with E-state index in [4.69, 9.17) is 4.74 Å². The maximum atomic E-state index is 12.8. The largest absolute Gasteiger partial charge is 0.573 e. The van der Waals surface area contributed by atoms with Gasteiger partial charge >= 0.3 is 12.3 Å². The Morgan fingerprint density at radius 1 is 1.28 bits per heavy atom. The third-order valence-electron chi connectivity index (χ3n) is 6.18. The number of ether oxygens (including phenoxy) is 2. The molecule has 0 saturated heterocycles. The Bertz CT molecular complexity index is 1310. The smallest absolute Gasteiger partial charge is 0.478 e. The first-order valence-electron chi connectivity index (χ1n) is 11.4. The van der Waals surface area contributed by atoms with Gasteiger partial charge in [0.2, 0.25) is 0 Å². The van der Waals surface area contributed by atoms with E-state index >= 15 is 0 Å². The number of carboxylic acids is 1. The normalized spacial score (nSPS) is 16.1. The summed E-state index contributed by atoms with van der Waals surface area (Å²) in [6.45, 7) is 1.46. The fourth-order valence-corrected chi connectivity index (χ4v) is 4.43. The van der Waals surface area contributed by atoms with Crippen molar-refractivity contribution in [2.24, 2.45) is 0 Å². The molecule has 1 aliphatic carbocycles. The van der Waals surface area contributed by atoms with Gasteiger partial charge in [0.25, 0.3) is 0 Å². The molecule has 190 valence electrons. The maximum absolute atomic E-state index is 12.8. The van der Waals surface area contributed by atoms with E-state index in [0.29, 0.717) is 5.39 Å². The first kappa shape index (κ1) is 25.5. The molecule has 2 atom stereocenters. The highest BCUT2D eigenvalue weighted by Crippen LogP contribution is 2.33. The van der Waals surface area contributed by atoms with Gasteiger partial charge in [-0.15, -0.1) is 13.2 Å². The Labute approximate surface area is 204 Å². The minimum atomic E-state index is -4.88. The van der Waals surface area contributed by atoms with E-state index < -0.39 is 30.3 Å². The number of halogens is 3. The minimum Gasteiger partial charge on any atom is -0.478 e. The van der Waals surface area contributed by atoms with Crippen LogP contribution in [0.15, 0.2) is 36.5 Å². The van der Waals surface area contributed by atoms with Crippen LogP contribution in [0.25, 0.3) is 10.9 Å². The Balaban J connectivity index is 1.67. The number of aromatic carboxylic acids is 1. The van der Waals surface area contributed by atoms with E-state index in [2.05, 4.69) is 9.84 Å². The molecule has 1 saturated carbocycles. The molecule has 2 N–H and O–H groups in total. The van der Waals surface area contributed by atoms with Crippen LogP contribution in [0.4, 0.5) is 13.2 Å². The van der Waals surface area contributed by atoms with Crippen LogP contribution < -0.4 is 4.74 Å². The third-order valence-corrected chi connectivity index (χ3v) is 6.18. The summed E-state index contributed by atoms with van der Waals surface area (Å²) in [5.74, 6) is -1.66. The number of rotatable bonds is 8. The molecule has 1 heterocycles. The molecular weight excluding hydrogens is 479 g/mol. The van der Waals surface area contributed by atoms with Gasteiger partial charge in [0.1, 0.15) is 23.5 Å². The van der Waals surface area contributed by atoms with Gasteiger partial charge in [-0.05, 0) is 49.1 Å². The zero-order chi connectivity index (χ0) is 26.0. The minimum absolute atomic E-state index is 0.00334. The van der Waals surface area contributed by atoms with Crippen molar-refractivity contribution in [2.45, 2.75) is 63.8 Å². The van der Waals surface area contributed by atoms with Gasteiger partial charge in [0.05, 0.1) is 29.8 Å². The number of aliphatic hydroxyl groups excluding tert-OH is 1. The number of aromatic nitrogens is 2. The standard InChI is InChI=1S/C25H24F3N3O5/c1-14-6-7-16(10-20(14)36-25(26,27)28)23(32)21(35-18-4-2-3-5-18)13-31-12-17-8-15(11-29)9-19(24(33)34)22(17)30-31/h6-10,12,18,21,23,32H,2-5,13H2,1H3,(H,33,34)/t21-,23+/m0/s1. The molecule has 36 heavy (non-hydrogen) atoms. The van der Waals surface area contributed by atoms with Crippen LogP contribution in [-0.2, 0) is 11.3 Å². The molecule has 2 aromatic carbocycles. The summed E-state index contributed by atoms with van der Waals surface area (Å²) in [7, 11) is 0. The molecule has 4 rings (SSSR count). The third kappa shape index (κ3) is 5.78. The Morgan fingerprint density at radius 3 is 2.64 bits per heavy atom. The predicted molar refractivity (Wildman–Crippen MR) is 121 cm³/mol. The van der Waals surface area contributed by atoms with Crippen molar-refractivity contribution in [3.63, 3.8) is 0 Å². The van der Waals surface area contributed by atoms with Crippen molar-refractivity contribution >= 4 is 16.9 Å². The summed E-state index contributed by atoms with van der Waals surface area (Å²) in [5, 5.41) is 34.7. The number of nitriles is 1. The van der Waals surface area contributed by atoms with Crippen LogP contribution in [0, 0.1) is 18.3 Å². The lowest BCUT2D eigenvalue weighted by molar-refractivity contribution is -0.274. The van der Waals surface area contributed by atoms with Crippen molar-refractivity contribution in [3.8, 4) is 11.8 Å². The molecule has 0 aliphatic heterocycles. The Hall–Kier alpha value is -3.62. The first-order valence-corrected chi connectivity index (χ1v) is 11.4. The van der Waals surface area contributed by atoms with Crippen molar-refractivity contribution in [2.75, 3.05) is 0 Å². The van der Waals surface area contributed by atoms with Crippen LogP contribution in [0.1, 0.15) is 58.8 Å². The number of hydrogen-bond acceptors (Lipinski definition) is 6. The summed E-state index contributed by atoms with van der Waals surface area (Å²) >= 11 is 0. The average molecular weight is 503 g/mol. The second kappa shape index (κ2) is 10.2. The van der Waals surface area contributed by atoms with Gasteiger partial charge in [-0.3, -0.25) is 4.68 Å². The van der Waals surface area contributed by atoms with Crippen molar-refractivity contribution in [1.82, 2.24) is 9.78 Å². The SMILES string of the molecule is Cc1ccc([C@@H](O)[C@H](Cn2cc3cc(C#N)cc(C(=O)O)c3n2)OC2CCCC2)cc1OC(F)(F)F. The summed E-state index contributed by atoms with van der Waals surface area (Å²) in [6, 6.07) is 8.74. The van der Waals surface area contributed by atoms with Crippen LogP contribution in [-0.4, -0.2) is 44.5 Å². The Kier molecular flexibility index (Phi) is 7.19. The van der Waals surface area contributed by atoms with Crippen LogP contribution in [0.3, 0.4) is 0 Å². The summed E-state index contributed by atoms with van der Waals surface area (Å²) in [5.41, 5.74) is 0.632. The zero-order valence-corrected chi connectivity index (χ0v) is 19.3. The number of hydrogen-bond donors (Lipinski definition) is 2. The molecule has 3 aromatic rings. The van der Waals surface area contributed by atoms with E-state index in [0.717, 1.165) is 31.7 Å². The van der Waals surface area contributed by atoms with Gasteiger partial charge in [-0.1, -0.05) is 25.0 Å². The summed E-state index contributed by atoms with van der Waals surface area (Å²) < 4.78 is 50.2. The number of fused-ring (bicyclic) bond motifs is 1. The molecule has 11 heteroatoms. The van der Waals surface area contributed by atoms with Crippen molar-refractivity contribution < 1.29 is 37.7 Å².